The van der Waals surface area contributed by atoms with Gasteiger partial charge in [-0.2, -0.15) is 0 Å². The van der Waals surface area contributed by atoms with Crippen LogP contribution in [-0.4, -0.2) is 11.2 Å². The molecule has 0 radical (unpaired) electrons. The summed E-state index contributed by atoms with van der Waals surface area (Å²) in [6, 6.07) is 12.4. The fraction of sp³-hybridized carbons (Fsp3) is 0.133. The molecule has 1 atom stereocenters. The van der Waals surface area contributed by atoms with Gasteiger partial charge in [0.2, 0.25) is 5.91 Å². The number of thioether (sulfide) groups is 1. The maximum Gasteiger partial charge on any atom is 0.237 e. The van der Waals surface area contributed by atoms with Crippen molar-refractivity contribution in [3.05, 3.63) is 57.5 Å². The third-order valence-corrected chi connectivity index (χ3v) is 4.79. The summed E-state index contributed by atoms with van der Waals surface area (Å²) >= 11 is 19.1. The zero-order valence-corrected chi connectivity index (χ0v) is 14.2. The monoisotopic (exact) mass is 359 g/mol. The van der Waals surface area contributed by atoms with Gasteiger partial charge in [-0.3, -0.25) is 4.79 Å². The van der Waals surface area contributed by atoms with Crippen molar-refractivity contribution in [2.45, 2.75) is 17.1 Å². The highest BCUT2D eigenvalue weighted by Crippen LogP contribution is 2.27. The smallest absolute Gasteiger partial charge is 0.237 e. The molecule has 0 aromatic heterocycles. The van der Waals surface area contributed by atoms with Crippen molar-refractivity contribution in [1.29, 1.82) is 0 Å². The number of nitrogens with one attached hydrogen (secondary N) is 1. The Balaban J connectivity index is 1.98. The van der Waals surface area contributed by atoms with E-state index >= 15 is 0 Å². The van der Waals surface area contributed by atoms with Gasteiger partial charge in [-0.15, -0.1) is 11.8 Å². The predicted octanol–water partition coefficient (Wildman–Crippen LogP) is 5.77. The highest BCUT2D eigenvalue weighted by molar-refractivity contribution is 8.00. The van der Waals surface area contributed by atoms with Crippen LogP contribution in [0.2, 0.25) is 15.1 Å². The molecule has 0 aliphatic heterocycles. The maximum absolute atomic E-state index is 12.1. The fourth-order valence-electron chi connectivity index (χ4n) is 1.59. The van der Waals surface area contributed by atoms with Crippen molar-refractivity contribution in [3.8, 4) is 0 Å². The van der Waals surface area contributed by atoms with Crippen LogP contribution in [0.1, 0.15) is 6.92 Å². The molecule has 0 fully saturated rings. The lowest BCUT2D eigenvalue weighted by Crippen LogP contribution is -2.22. The SMILES string of the molecule is C[C@H](Sc1ccc(Cl)cc1)C(=O)Nc1ccc(Cl)c(Cl)c1. The number of rotatable bonds is 4. The number of hydrogen-bond acceptors (Lipinski definition) is 2. The molecule has 0 saturated carbocycles. The quantitative estimate of drug-likeness (QED) is 0.702. The van der Waals surface area contributed by atoms with Crippen LogP contribution in [-0.2, 0) is 4.79 Å². The largest absolute Gasteiger partial charge is 0.325 e. The van der Waals surface area contributed by atoms with Crippen LogP contribution >= 0.6 is 46.6 Å². The molecule has 0 spiro atoms. The number of anilines is 1. The Morgan fingerprint density at radius 2 is 1.71 bits per heavy atom. The molecule has 0 aliphatic carbocycles. The number of benzene rings is 2. The van der Waals surface area contributed by atoms with Gasteiger partial charge in [0.15, 0.2) is 0 Å². The molecule has 0 saturated heterocycles. The van der Waals surface area contributed by atoms with E-state index in [0.29, 0.717) is 20.8 Å². The van der Waals surface area contributed by atoms with Gasteiger partial charge in [0.05, 0.1) is 15.3 Å². The van der Waals surface area contributed by atoms with E-state index in [9.17, 15) is 4.79 Å². The Labute approximate surface area is 142 Å². The Kier molecular flexibility index (Phi) is 5.82. The Morgan fingerprint density at radius 1 is 1.05 bits per heavy atom. The van der Waals surface area contributed by atoms with Crippen molar-refractivity contribution < 1.29 is 4.79 Å². The zero-order chi connectivity index (χ0) is 15.4. The average Bonchev–Trinajstić information content (AvgIpc) is 2.45. The van der Waals surface area contributed by atoms with Crippen molar-refractivity contribution in [2.24, 2.45) is 0 Å². The molecular weight excluding hydrogens is 349 g/mol. The van der Waals surface area contributed by atoms with Crippen LogP contribution in [0.5, 0.6) is 0 Å². The van der Waals surface area contributed by atoms with E-state index in [0.717, 1.165) is 4.90 Å². The Bertz CT molecular complexity index is 646. The molecule has 1 N–H and O–H groups in total. The van der Waals surface area contributed by atoms with E-state index in [4.69, 9.17) is 34.8 Å². The Hall–Kier alpha value is -0.870. The van der Waals surface area contributed by atoms with Crippen molar-refractivity contribution >= 4 is 58.2 Å². The van der Waals surface area contributed by atoms with Crippen molar-refractivity contribution in [2.75, 3.05) is 5.32 Å². The molecule has 2 nitrogen and oxygen atoms in total. The second-order valence-corrected chi connectivity index (χ2v) is 7.00. The minimum atomic E-state index is -0.249. The van der Waals surface area contributed by atoms with E-state index < -0.39 is 0 Å². The molecule has 2 aromatic rings. The summed E-state index contributed by atoms with van der Waals surface area (Å²) < 4.78 is 0. The summed E-state index contributed by atoms with van der Waals surface area (Å²) in [6.45, 7) is 1.84. The lowest BCUT2D eigenvalue weighted by molar-refractivity contribution is -0.115. The first-order valence-electron chi connectivity index (χ1n) is 6.14. The fourth-order valence-corrected chi connectivity index (χ4v) is 2.88. The number of hydrogen-bond donors (Lipinski definition) is 1. The minimum Gasteiger partial charge on any atom is -0.325 e. The van der Waals surface area contributed by atoms with E-state index in [1.807, 2.05) is 19.1 Å². The molecule has 2 rings (SSSR count). The van der Waals surface area contributed by atoms with Gasteiger partial charge in [-0.05, 0) is 49.4 Å². The van der Waals surface area contributed by atoms with Crippen molar-refractivity contribution in [1.82, 2.24) is 0 Å². The van der Waals surface area contributed by atoms with Gasteiger partial charge in [0.1, 0.15) is 0 Å². The first-order valence-corrected chi connectivity index (χ1v) is 8.15. The highest BCUT2D eigenvalue weighted by atomic mass is 35.5. The van der Waals surface area contributed by atoms with E-state index in [2.05, 4.69) is 5.32 Å². The molecule has 1 amide bonds. The summed E-state index contributed by atoms with van der Waals surface area (Å²) in [5, 5.41) is 4.10. The Morgan fingerprint density at radius 3 is 2.33 bits per heavy atom. The third-order valence-electron chi connectivity index (χ3n) is 2.68. The minimum absolute atomic E-state index is 0.103. The van der Waals surface area contributed by atoms with Crippen LogP contribution in [0.15, 0.2) is 47.4 Å². The van der Waals surface area contributed by atoms with Crippen LogP contribution in [0.4, 0.5) is 5.69 Å². The summed E-state index contributed by atoms with van der Waals surface area (Å²) in [6.07, 6.45) is 0. The number of carbonyl (C=O) groups excluding carboxylic acids is 1. The van der Waals surface area contributed by atoms with Gasteiger partial charge in [-0.1, -0.05) is 34.8 Å². The molecule has 0 bridgehead atoms. The lowest BCUT2D eigenvalue weighted by Gasteiger charge is -2.12. The molecule has 2 aromatic carbocycles. The maximum atomic E-state index is 12.1. The number of carbonyl (C=O) groups is 1. The van der Waals surface area contributed by atoms with E-state index in [1.165, 1.54) is 11.8 Å². The molecule has 6 heteroatoms. The summed E-state index contributed by atoms with van der Waals surface area (Å²) in [5.74, 6) is -0.103. The molecule has 110 valence electrons. The van der Waals surface area contributed by atoms with E-state index in [1.54, 1.807) is 30.3 Å². The van der Waals surface area contributed by atoms with Gasteiger partial charge in [0, 0.05) is 15.6 Å². The second kappa shape index (κ2) is 7.41. The lowest BCUT2D eigenvalue weighted by atomic mass is 10.3. The first-order chi connectivity index (χ1) is 9.95. The highest BCUT2D eigenvalue weighted by Gasteiger charge is 2.15. The zero-order valence-electron chi connectivity index (χ0n) is 11.1. The second-order valence-electron chi connectivity index (χ2n) is 4.33. The number of halogens is 3. The normalized spacial score (nSPS) is 12.0. The molecule has 21 heavy (non-hydrogen) atoms. The average molecular weight is 361 g/mol. The van der Waals surface area contributed by atoms with Crippen LogP contribution in [0.25, 0.3) is 0 Å². The molecule has 0 aliphatic rings. The van der Waals surface area contributed by atoms with Gasteiger partial charge in [-0.25, -0.2) is 0 Å². The summed E-state index contributed by atoms with van der Waals surface area (Å²) in [7, 11) is 0. The molecular formula is C15H12Cl3NOS. The van der Waals surface area contributed by atoms with Crippen LogP contribution in [0, 0.1) is 0 Å². The van der Waals surface area contributed by atoms with Crippen LogP contribution in [0.3, 0.4) is 0 Å². The van der Waals surface area contributed by atoms with Gasteiger partial charge in [0.25, 0.3) is 0 Å². The predicted molar refractivity (Wildman–Crippen MR) is 91.9 cm³/mol. The summed E-state index contributed by atoms with van der Waals surface area (Å²) in [5.41, 5.74) is 0.623. The summed E-state index contributed by atoms with van der Waals surface area (Å²) in [4.78, 5) is 13.1. The van der Waals surface area contributed by atoms with Gasteiger partial charge < -0.3 is 5.32 Å². The number of amides is 1. The molecule has 0 heterocycles. The molecule has 0 unspecified atom stereocenters. The standard InChI is InChI=1S/C15H12Cl3NOS/c1-9(21-12-5-2-10(16)3-6-12)15(20)19-11-4-7-13(17)14(18)8-11/h2-9H,1H3,(H,19,20)/t9-/m0/s1. The van der Waals surface area contributed by atoms with Crippen LogP contribution < -0.4 is 5.32 Å². The third kappa shape index (κ3) is 4.82. The first kappa shape index (κ1) is 16.5. The van der Waals surface area contributed by atoms with E-state index in [-0.39, 0.29) is 11.2 Å². The van der Waals surface area contributed by atoms with Crippen molar-refractivity contribution in [3.63, 3.8) is 0 Å². The topological polar surface area (TPSA) is 29.1 Å². The van der Waals surface area contributed by atoms with Gasteiger partial charge >= 0.3 is 0 Å².